The van der Waals surface area contributed by atoms with E-state index in [4.69, 9.17) is 4.52 Å². The van der Waals surface area contributed by atoms with Crippen LogP contribution in [0.1, 0.15) is 25.6 Å². The van der Waals surface area contributed by atoms with E-state index in [9.17, 15) is 4.79 Å². The number of thioether (sulfide) groups is 1. The molecule has 1 aromatic carbocycles. The summed E-state index contributed by atoms with van der Waals surface area (Å²) in [4.78, 5) is 17.0. The van der Waals surface area contributed by atoms with Crippen LogP contribution in [0.25, 0.3) is 0 Å². The first-order valence-electron chi connectivity index (χ1n) is 6.27. The molecule has 0 bridgehead atoms. The molecule has 6 heteroatoms. The number of carbonyl (C=O) groups is 1. The summed E-state index contributed by atoms with van der Waals surface area (Å²) in [5.41, 5.74) is 0. The highest BCUT2D eigenvalue weighted by Gasteiger charge is 2.14. The molecule has 0 saturated heterocycles. The standard InChI is InChI=1S/C14H15BrN2O2S/c1-9(2)11(18)7-14-16-13(17-19-14)8-20-12-6-4-3-5-10(12)15/h3-6,9H,7-8H2,1-2H3. The number of benzene rings is 1. The first-order valence-corrected chi connectivity index (χ1v) is 8.05. The number of carbonyl (C=O) groups excluding carboxylic acids is 1. The fourth-order valence-corrected chi connectivity index (χ4v) is 2.89. The third kappa shape index (κ3) is 4.18. The van der Waals surface area contributed by atoms with Gasteiger partial charge in [-0.05, 0) is 28.1 Å². The van der Waals surface area contributed by atoms with Crippen LogP contribution >= 0.6 is 27.7 Å². The zero-order valence-corrected chi connectivity index (χ0v) is 13.7. The summed E-state index contributed by atoms with van der Waals surface area (Å²) in [5.74, 6) is 1.71. The lowest BCUT2D eigenvalue weighted by molar-refractivity contribution is -0.121. The van der Waals surface area contributed by atoms with Crippen molar-refractivity contribution in [3.63, 3.8) is 0 Å². The Morgan fingerprint density at radius 1 is 1.40 bits per heavy atom. The minimum atomic E-state index is -0.0139. The van der Waals surface area contributed by atoms with E-state index >= 15 is 0 Å². The molecule has 106 valence electrons. The lowest BCUT2D eigenvalue weighted by Crippen LogP contribution is -2.10. The summed E-state index contributed by atoms with van der Waals surface area (Å²) in [7, 11) is 0. The molecule has 0 radical (unpaired) electrons. The average molecular weight is 355 g/mol. The Hall–Kier alpha value is -1.14. The molecule has 0 saturated carbocycles. The molecule has 1 heterocycles. The van der Waals surface area contributed by atoms with Crippen molar-refractivity contribution >= 4 is 33.5 Å². The molecule has 0 amide bonds. The van der Waals surface area contributed by atoms with Crippen LogP contribution in [-0.2, 0) is 17.0 Å². The molecule has 20 heavy (non-hydrogen) atoms. The van der Waals surface area contributed by atoms with Crippen LogP contribution in [-0.4, -0.2) is 15.9 Å². The Morgan fingerprint density at radius 3 is 2.85 bits per heavy atom. The highest BCUT2D eigenvalue weighted by Crippen LogP contribution is 2.28. The maximum atomic E-state index is 11.6. The Bertz CT molecular complexity index is 598. The topological polar surface area (TPSA) is 56.0 Å². The summed E-state index contributed by atoms with van der Waals surface area (Å²) >= 11 is 5.12. The van der Waals surface area contributed by atoms with Crippen LogP contribution < -0.4 is 0 Å². The molecule has 0 atom stereocenters. The van der Waals surface area contributed by atoms with E-state index in [0.29, 0.717) is 17.5 Å². The van der Waals surface area contributed by atoms with Gasteiger partial charge in [-0.1, -0.05) is 31.1 Å². The van der Waals surface area contributed by atoms with Gasteiger partial charge in [0.1, 0.15) is 5.78 Å². The van der Waals surface area contributed by atoms with Crippen molar-refractivity contribution in [2.24, 2.45) is 5.92 Å². The van der Waals surface area contributed by atoms with Gasteiger partial charge in [-0.3, -0.25) is 4.79 Å². The van der Waals surface area contributed by atoms with Gasteiger partial charge in [0.25, 0.3) is 0 Å². The van der Waals surface area contributed by atoms with Crippen molar-refractivity contribution in [2.45, 2.75) is 30.9 Å². The van der Waals surface area contributed by atoms with Crippen molar-refractivity contribution in [1.82, 2.24) is 10.1 Å². The molecule has 0 fully saturated rings. The summed E-state index contributed by atoms with van der Waals surface area (Å²) in [6.45, 7) is 3.73. The van der Waals surface area contributed by atoms with E-state index < -0.39 is 0 Å². The molecular formula is C14H15BrN2O2S. The molecule has 2 aromatic rings. The van der Waals surface area contributed by atoms with Crippen molar-refractivity contribution in [3.05, 3.63) is 40.5 Å². The van der Waals surface area contributed by atoms with E-state index in [-0.39, 0.29) is 18.1 Å². The molecule has 0 unspecified atom stereocenters. The first kappa shape index (κ1) is 15.3. The maximum absolute atomic E-state index is 11.6. The lowest BCUT2D eigenvalue weighted by atomic mass is 10.1. The normalized spacial score (nSPS) is 11.0. The molecule has 1 aromatic heterocycles. The Balaban J connectivity index is 1.93. The second kappa shape index (κ2) is 7.04. The molecule has 0 spiro atoms. The number of aromatic nitrogens is 2. The van der Waals surface area contributed by atoms with Gasteiger partial charge >= 0.3 is 0 Å². The lowest BCUT2D eigenvalue weighted by Gasteiger charge is -2.00. The quantitative estimate of drug-likeness (QED) is 0.736. The maximum Gasteiger partial charge on any atom is 0.234 e. The zero-order valence-electron chi connectivity index (χ0n) is 11.3. The van der Waals surface area contributed by atoms with Gasteiger partial charge in [0.2, 0.25) is 5.89 Å². The van der Waals surface area contributed by atoms with Crippen molar-refractivity contribution in [1.29, 1.82) is 0 Å². The number of nitrogens with zero attached hydrogens (tertiary/aromatic N) is 2. The monoisotopic (exact) mass is 354 g/mol. The Kier molecular flexibility index (Phi) is 5.37. The summed E-state index contributed by atoms with van der Waals surface area (Å²) in [6.07, 6.45) is 0.213. The van der Waals surface area contributed by atoms with Crippen molar-refractivity contribution in [3.8, 4) is 0 Å². The van der Waals surface area contributed by atoms with Gasteiger partial charge in [-0.2, -0.15) is 4.98 Å². The van der Waals surface area contributed by atoms with Crippen LogP contribution in [0.2, 0.25) is 0 Å². The van der Waals surface area contributed by atoms with Crippen LogP contribution in [0.5, 0.6) is 0 Å². The summed E-state index contributed by atoms with van der Waals surface area (Å²) in [6, 6.07) is 7.97. The second-order valence-corrected chi connectivity index (χ2v) is 6.49. The molecule has 0 N–H and O–H groups in total. The molecule has 0 aliphatic heterocycles. The van der Waals surface area contributed by atoms with Gasteiger partial charge in [-0.15, -0.1) is 11.8 Å². The van der Waals surface area contributed by atoms with Crippen molar-refractivity contribution < 1.29 is 9.32 Å². The first-order chi connectivity index (χ1) is 9.56. The van der Waals surface area contributed by atoms with Gasteiger partial charge in [-0.25, -0.2) is 0 Å². The second-order valence-electron chi connectivity index (χ2n) is 4.62. The number of rotatable bonds is 6. The van der Waals surface area contributed by atoms with Crippen molar-refractivity contribution in [2.75, 3.05) is 0 Å². The molecule has 2 rings (SSSR count). The number of halogens is 1. The average Bonchev–Trinajstić information content (AvgIpc) is 2.85. The predicted molar refractivity (Wildman–Crippen MR) is 81.6 cm³/mol. The number of hydrogen-bond donors (Lipinski definition) is 0. The number of hydrogen-bond acceptors (Lipinski definition) is 5. The van der Waals surface area contributed by atoms with Gasteiger partial charge in [0.05, 0.1) is 12.2 Å². The van der Waals surface area contributed by atoms with Crippen LogP contribution in [0.3, 0.4) is 0 Å². The fourth-order valence-electron chi connectivity index (χ4n) is 1.48. The van der Waals surface area contributed by atoms with Crippen LogP contribution in [0.15, 0.2) is 38.2 Å². The van der Waals surface area contributed by atoms with E-state index in [2.05, 4.69) is 26.1 Å². The fraction of sp³-hybridized carbons (Fsp3) is 0.357. The SMILES string of the molecule is CC(C)C(=O)Cc1nc(CSc2ccccc2Br)no1. The van der Waals surface area contributed by atoms with E-state index in [1.54, 1.807) is 11.8 Å². The summed E-state index contributed by atoms with van der Waals surface area (Å²) < 4.78 is 6.14. The third-order valence-corrected chi connectivity index (χ3v) is 4.70. The Morgan fingerprint density at radius 2 is 2.15 bits per heavy atom. The highest BCUT2D eigenvalue weighted by molar-refractivity contribution is 9.10. The smallest absolute Gasteiger partial charge is 0.234 e. The van der Waals surface area contributed by atoms with Gasteiger partial charge in [0, 0.05) is 15.3 Å². The molecule has 0 aliphatic carbocycles. The zero-order chi connectivity index (χ0) is 14.5. The van der Waals surface area contributed by atoms with Gasteiger partial charge < -0.3 is 4.52 Å². The highest BCUT2D eigenvalue weighted by atomic mass is 79.9. The largest absolute Gasteiger partial charge is 0.339 e. The number of ketones is 1. The molecular weight excluding hydrogens is 340 g/mol. The minimum Gasteiger partial charge on any atom is -0.339 e. The van der Waals surface area contributed by atoms with Gasteiger partial charge in [0.15, 0.2) is 5.82 Å². The predicted octanol–water partition coefficient (Wildman–Crippen LogP) is 3.89. The van der Waals surface area contributed by atoms with Crippen LogP contribution in [0, 0.1) is 5.92 Å². The molecule has 4 nitrogen and oxygen atoms in total. The van der Waals surface area contributed by atoms with E-state index in [0.717, 1.165) is 9.37 Å². The summed E-state index contributed by atoms with van der Waals surface area (Å²) in [5, 5.41) is 3.90. The van der Waals surface area contributed by atoms with E-state index in [1.807, 2.05) is 38.1 Å². The third-order valence-electron chi connectivity index (χ3n) is 2.67. The number of Topliss-reactive ketones (excluding diaryl/α,β-unsaturated/α-hetero) is 1. The minimum absolute atomic E-state index is 0.0139. The Labute approximate surface area is 130 Å². The van der Waals surface area contributed by atoms with E-state index in [1.165, 1.54) is 0 Å². The van der Waals surface area contributed by atoms with Crippen LogP contribution in [0.4, 0.5) is 0 Å². The molecule has 0 aliphatic rings.